The van der Waals surface area contributed by atoms with E-state index in [0.717, 1.165) is 68.6 Å². The third-order valence-corrected chi connectivity index (χ3v) is 4.81. The molecular weight excluding hydrogens is 593 g/mol. The minimum atomic E-state index is 0. The van der Waals surface area contributed by atoms with Crippen LogP contribution in [0, 0.1) is 0 Å². The van der Waals surface area contributed by atoms with Gasteiger partial charge in [0.15, 0.2) is 0 Å². The number of nitrogens with zero attached hydrogens (tertiary/aromatic N) is 12. The molecule has 13 nitrogen and oxygen atoms in total. The van der Waals surface area contributed by atoms with Crippen LogP contribution in [-0.2, 0) is 0 Å². The number of halogens is 2. The van der Waals surface area contributed by atoms with Gasteiger partial charge in [0.1, 0.15) is 0 Å². The number of alkyl halides is 2. The summed E-state index contributed by atoms with van der Waals surface area (Å²) in [7, 11) is 0. The molecule has 0 aromatic rings. The van der Waals surface area contributed by atoms with Gasteiger partial charge < -0.3 is 16.8 Å². The van der Waals surface area contributed by atoms with E-state index < -0.39 is 0 Å². The van der Waals surface area contributed by atoms with Gasteiger partial charge in [-0.3, -0.25) is 4.91 Å². The molecule has 0 bridgehead atoms. The fourth-order valence-corrected chi connectivity index (χ4v) is 2.87. The maximum absolute atomic E-state index is 7.94. The fraction of sp³-hybridized carbons (Fsp3) is 1.00. The van der Waals surface area contributed by atoms with E-state index >= 15 is 0 Å². The van der Waals surface area contributed by atoms with Gasteiger partial charge in [-0.05, 0) is 61.7 Å². The van der Waals surface area contributed by atoms with Crippen molar-refractivity contribution in [2.75, 3.05) is 36.8 Å². The van der Waals surface area contributed by atoms with Crippen LogP contribution < -0.4 is 35.3 Å². The summed E-state index contributed by atoms with van der Waals surface area (Å²) in [6.07, 6.45) is 13.6. The topological polar surface area (TPSA) is 231 Å². The number of hydrogen-bond donors (Lipinski definition) is 1. The van der Waals surface area contributed by atoms with Gasteiger partial charge in [-0.25, -0.2) is 0 Å². The summed E-state index contributed by atoms with van der Waals surface area (Å²) in [6.45, 7) is 2.53. The van der Waals surface area contributed by atoms with Crippen LogP contribution >= 0.6 is 31.9 Å². The normalized spacial score (nSPS) is 7.86. The summed E-state index contributed by atoms with van der Waals surface area (Å²) >= 11 is 6.78. The third kappa shape index (κ3) is 79.2. The van der Waals surface area contributed by atoms with E-state index in [0.29, 0.717) is 19.6 Å². The van der Waals surface area contributed by atoms with Gasteiger partial charge in [0.05, 0.1) is 0 Å². The Kier molecular flexibility index (Phi) is 79.5. The molecule has 198 valence electrons. The molecule has 0 saturated carbocycles. The van der Waals surface area contributed by atoms with E-state index in [4.69, 9.17) is 33.4 Å². The average Bonchev–Trinajstić information content (AvgIpc) is 2.82. The van der Waals surface area contributed by atoms with Gasteiger partial charge in [-0.15, -0.1) is 0 Å². The number of hydrogen-bond acceptors (Lipinski definition) is 4. The predicted molar refractivity (Wildman–Crippen MR) is 151 cm³/mol. The minimum absolute atomic E-state index is 0. The minimum Gasteiger partial charge on any atom is -0.373 e. The number of rotatable bonds is 18. The van der Waals surface area contributed by atoms with Crippen molar-refractivity contribution in [1.29, 1.82) is 0 Å². The largest absolute Gasteiger partial charge is 1.00 e. The molecule has 0 saturated heterocycles. The van der Waals surface area contributed by atoms with Crippen molar-refractivity contribution in [1.82, 2.24) is 0 Å². The van der Waals surface area contributed by atoms with Crippen LogP contribution in [0.4, 0.5) is 0 Å². The summed E-state index contributed by atoms with van der Waals surface area (Å²) in [4.78, 5) is 9.44. The molecule has 0 aromatic carbocycles. The first-order chi connectivity index (χ1) is 16.2. The summed E-state index contributed by atoms with van der Waals surface area (Å²) < 4.78 is 0. The number of nitrogens with two attached hydrogens (primary N) is 1. The van der Waals surface area contributed by atoms with Gasteiger partial charge in [0.2, 0.25) is 0 Å². The SMILES string of the molecule is BrCCCCCCBr.C.[N-]=[N+]=NCCCCCCN.[N-]=[N+]=NCCCCCCN=[N+]=[N-].[N-]=[N+]=[N-].[Na+]. The molecule has 0 atom stereocenters. The third-order valence-electron chi connectivity index (χ3n) is 3.69. The second kappa shape index (κ2) is 58.8. The zero-order chi connectivity index (χ0) is 25.7. The molecule has 35 heavy (non-hydrogen) atoms. The first-order valence-electron chi connectivity index (χ1n) is 11.0. The first kappa shape index (κ1) is 47.4. The van der Waals surface area contributed by atoms with Gasteiger partial charge in [-0.1, -0.05) is 93.2 Å². The summed E-state index contributed by atoms with van der Waals surface area (Å²) in [5.74, 6) is 0. The Balaban J connectivity index is -0.0000000841. The van der Waals surface area contributed by atoms with Crippen molar-refractivity contribution >= 4 is 31.9 Å². The maximum atomic E-state index is 7.94. The summed E-state index contributed by atoms with van der Waals surface area (Å²) in [5, 5.41) is 12.6. The first-order valence-corrected chi connectivity index (χ1v) is 13.2. The Morgan fingerprint density at radius 1 is 0.514 bits per heavy atom. The molecule has 0 aromatic heterocycles. The molecule has 0 aliphatic carbocycles. The molecule has 0 aliphatic heterocycles. The van der Waals surface area contributed by atoms with Crippen LogP contribution in [0.15, 0.2) is 15.3 Å². The zero-order valence-electron chi connectivity index (χ0n) is 20.4. The molecule has 0 radical (unpaired) electrons. The molecule has 0 spiro atoms. The average molecular weight is 635 g/mol. The van der Waals surface area contributed by atoms with E-state index in [9.17, 15) is 0 Å². The summed E-state index contributed by atoms with van der Waals surface area (Å²) in [5.41, 5.74) is 42.6. The van der Waals surface area contributed by atoms with Gasteiger partial charge >= 0.3 is 29.6 Å². The molecule has 0 aliphatic rings. The van der Waals surface area contributed by atoms with Gasteiger partial charge in [0, 0.05) is 45.0 Å². The second-order valence-electron chi connectivity index (χ2n) is 6.36. The van der Waals surface area contributed by atoms with Crippen molar-refractivity contribution < 1.29 is 29.6 Å². The molecule has 2 N–H and O–H groups in total. The molecule has 0 rings (SSSR count). The molecule has 0 amide bonds. The standard InChI is InChI=1S/C6H12Br2.C6H12N6.C6H14N4.CH4.N3.Na/c7-5-3-1-2-4-6-8;7-11-9-5-3-1-2-4-6-10-12-8;7-5-3-1-2-4-6-9-10-8;;1-3-2;/h1-6H2;1-6H2;1-7H2;1H4;;/q;;;;-1;+1. The van der Waals surface area contributed by atoms with Crippen LogP contribution in [0.3, 0.4) is 0 Å². The smallest absolute Gasteiger partial charge is 0.373 e. The Hall–Kier alpha value is -0.840. The van der Waals surface area contributed by atoms with E-state index in [2.05, 4.69) is 61.9 Å². The maximum Gasteiger partial charge on any atom is 1.00 e. The molecular formula is C19H42Br2N13Na. The predicted octanol–water partition coefficient (Wildman–Crippen LogP) is 6.83. The van der Waals surface area contributed by atoms with Crippen LogP contribution in [0.5, 0.6) is 0 Å². The Morgan fingerprint density at radius 2 is 0.771 bits per heavy atom. The fourth-order valence-electron chi connectivity index (χ4n) is 2.08. The Bertz CT molecular complexity index is 517. The van der Waals surface area contributed by atoms with Crippen molar-refractivity contribution in [2.45, 2.75) is 84.5 Å². The Labute approximate surface area is 249 Å². The number of azide groups is 3. The van der Waals surface area contributed by atoms with Crippen molar-refractivity contribution in [2.24, 2.45) is 21.1 Å². The number of unbranched alkanes of at least 4 members (excludes halogenated alkanes) is 9. The van der Waals surface area contributed by atoms with Crippen molar-refractivity contribution in [3.63, 3.8) is 0 Å². The molecule has 16 heteroatoms. The van der Waals surface area contributed by atoms with Gasteiger partial charge in [0.25, 0.3) is 0 Å². The zero-order valence-corrected chi connectivity index (χ0v) is 25.6. The monoisotopic (exact) mass is 633 g/mol. The van der Waals surface area contributed by atoms with E-state index in [1.807, 2.05) is 0 Å². The van der Waals surface area contributed by atoms with Crippen molar-refractivity contribution in [3.05, 3.63) is 47.3 Å². The van der Waals surface area contributed by atoms with E-state index in [1.54, 1.807) is 0 Å². The quantitative estimate of drug-likeness (QED) is 0.0419. The van der Waals surface area contributed by atoms with Crippen molar-refractivity contribution in [3.8, 4) is 0 Å². The van der Waals surface area contributed by atoms with E-state index in [1.165, 1.54) is 30.6 Å². The van der Waals surface area contributed by atoms with Crippen LogP contribution in [0.2, 0.25) is 0 Å². The van der Waals surface area contributed by atoms with Crippen LogP contribution in [0.25, 0.3) is 47.3 Å². The molecule has 0 heterocycles. The molecule has 0 unspecified atom stereocenters. The van der Waals surface area contributed by atoms with Crippen LogP contribution in [-0.4, -0.2) is 36.8 Å². The van der Waals surface area contributed by atoms with Gasteiger partial charge in [-0.2, -0.15) is 0 Å². The van der Waals surface area contributed by atoms with Crippen LogP contribution in [0.1, 0.15) is 84.5 Å². The molecule has 0 fully saturated rings. The Morgan fingerprint density at radius 3 is 1.00 bits per heavy atom. The second-order valence-corrected chi connectivity index (χ2v) is 7.95. The summed E-state index contributed by atoms with van der Waals surface area (Å²) in [6, 6.07) is 0. The van der Waals surface area contributed by atoms with E-state index in [-0.39, 0.29) is 37.0 Å².